The van der Waals surface area contributed by atoms with Crippen LogP contribution >= 0.6 is 0 Å². The lowest BCUT2D eigenvalue weighted by Gasteiger charge is -1.96. The lowest BCUT2D eigenvalue weighted by molar-refractivity contribution is -0.425. The Morgan fingerprint density at radius 3 is 2.85 bits per heavy atom. The van der Waals surface area contributed by atoms with Crippen LogP contribution in [0, 0.1) is 10.1 Å². The van der Waals surface area contributed by atoms with E-state index in [0.29, 0.717) is 6.42 Å². The second-order valence-corrected chi connectivity index (χ2v) is 2.79. The molecule has 0 N–H and O–H groups in total. The molecule has 0 saturated carbocycles. The molecule has 0 amide bonds. The number of aromatic nitrogens is 1. The van der Waals surface area contributed by atoms with Gasteiger partial charge in [-0.15, -0.1) is 0 Å². The monoisotopic (exact) mass is 180 g/mol. The molecule has 1 rings (SSSR count). The van der Waals surface area contributed by atoms with Gasteiger partial charge in [-0.2, -0.15) is 0 Å². The fourth-order valence-electron chi connectivity index (χ4n) is 1.08. The molecule has 1 aromatic heterocycles. The molecule has 0 unspecified atom stereocenters. The van der Waals surface area contributed by atoms with Crippen molar-refractivity contribution in [3.63, 3.8) is 0 Å². The zero-order chi connectivity index (χ0) is 9.84. The van der Waals surface area contributed by atoms with Crippen LogP contribution in [-0.2, 0) is 7.05 Å². The number of hydrogen-bond acceptors (Lipinski definition) is 2. The van der Waals surface area contributed by atoms with Crippen LogP contribution in [0.4, 0.5) is 0 Å². The molecule has 0 aliphatic carbocycles. The highest BCUT2D eigenvalue weighted by atomic mass is 16.6. The summed E-state index contributed by atoms with van der Waals surface area (Å²) in [6.07, 6.45) is 3.90. The third-order valence-corrected chi connectivity index (χ3v) is 1.90. The second kappa shape index (κ2) is 3.89. The van der Waals surface area contributed by atoms with Crippen molar-refractivity contribution in [3.05, 3.63) is 39.8 Å². The van der Waals surface area contributed by atoms with Crippen molar-refractivity contribution in [1.29, 1.82) is 0 Å². The highest BCUT2D eigenvalue weighted by molar-refractivity contribution is 5.47. The Kier molecular flexibility index (Phi) is 2.84. The quantitative estimate of drug-likeness (QED) is 0.528. The molecule has 0 fully saturated rings. The number of hydrogen-bond donors (Lipinski definition) is 0. The minimum absolute atomic E-state index is 0.238. The summed E-state index contributed by atoms with van der Waals surface area (Å²) in [5.74, 6) is 0. The van der Waals surface area contributed by atoms with E-state index in [1.54, 1.807) is 13.0 Å². The Hall–Kier alpha value is -1.58. The molecule has 0 spiro atoms. The molecule has 4 nitrogen and oxygen atoms in total. The molecule has 4 heteroatoms. The van der Waals surface area contributed by atoms with Gasteiger partial charge in [-0.1, -0.05) is 6.92 Å². The molecule has 0 radical (unpaired) electrons. The van der Waals surface area contributed by atoms with Crippen LogP contribution in [-0.4, -0.2) is 9.49 Å². The standard InChI is InChI=1S/C9H12N2O2/c1-3-8(11(12)13)7-9-5-4-6-10(9)2/h4-7H,3H2,1-2H3. The van der Waals surface area contributed by atoms with Crippen molar-refractivity contribution in [1.82, 2.24) is 4.57 Å². The van der Waals surface area contributed by atoms with Gasteiger partial charge >= 0.3 is 0 Å². The summed E-state index contributed by atoms with van der Waals surface area (Å²) in [5, 5.41) is 10.5. The molecule has 1 heterocycles. The first kappa shape index (κ1) is 9.51. The number of allylic oxidation sites excluding steroid dienone is 1. The Labute approximate surface area is 76.6 Å². The minimum atomic E-state index is -0.340. The number of rotatable bonds is 3. The van der Waals surface area contributed by atoms with Crippen LogP contribution in [0.25, 0.3) is 6.08 Å². The summed E-state index contributed by atoms with van der Waals surface area (Å²) in [6, 6.07) is 3.71. The fourth-order valence-corrected chi connectivity index (χ4v) is 1.08. The molecule has 0 aromatic carbocycles. The van der Waals surface area contributed by atoms with Crippen molar-refractivity contribution in [2.75, 3.05) is 0 Å². The largest absolute Gasteiger partial charge is 0.351 e. The molecular weight excluding hydrogens is 168 g/mol. The van der Waals surface area contributed by atoms with Crippen molar-refractivity contribution in [3.8, 4) is 0 Å². The summed E-state index contributed by atoms with van der Waals surface area (Å²) >= 11 is 0. The highest BCUT2D eigenvalue weighted by Gasteiger charge is 2.07. The topological polar surface area (TPSA) is 48.1 Å². The summed E-state index contributed by atoms with van der Waals surface area (Å²) in [7, 11) is 1.86. The van der Waals surface area contributed by atoms with Crippen LogP contribution in [0.15, 0.2) is 24.0 Å². The van der Waals surface area contributed by atoms with Gasteiger partial charge in [-0.25, -0.2) is 0 Å². The molecule has 13 heavy (non-hydrogen) atoms. The Morgan fingerprint density at radius 2 is 2.46 bits per heavy atom. The number of nitro groups is 1. The first-order chi connectivity index (χ1) is 6.15. The lowest BCUT2D eigenvalue weighted by atomic mass is 10.3. The lowest BCUT2D eigenvalue weighted by Crippen LogP contribution is -1.98. The molecule has 0 aliphatic rings. The zero-order valence-electron chi connectivity index (χ0n) is 7.73. The second-order valence-electron chi connectivity index (χ2n) is 2.79. The first-order valence-electron chi connectivity index (χ1n) is 4.11. The normalized spacial score (nSPS) is 11.7. The van der Waals surface area contributed by atoms with E-state index in [4.69, 9.17) is 0 Å². The van der Waals surface area contributed by atoms with Crippen molar-refractivity contribution < 1.29 is 4.92 Å². The summed E-state index contributed by atoms with van der Waals surface area (Å²) in [6.45, 7) is 1.78. The van der Waals surface area contributed by atoms with Crippen LogP contribution < -0.4 is 0 Å². The van der Waals surface area contributed by atoms with Gasteiger partial charge in [0.15, 0.2) is 0 Å². The maximum atomic E-state index is 10.5. The summed E-state index contributed by atoms with van der Waals surface area (Å²) in [5.41, 5.74) is 1.09. The van der Waals surface area contributed by atoms with E-state index >= 15 is 0 Å². The summed E-state index contributed by atoms with van der Waals surface area (Å²) in [4.78, 5) is 10.2. The average Bonchev–Trinajstić information content (AvgIpc) is 2.46. The van der Waals surface area contributed by atoms with Gasteiger partial charge in [0.2, 0.25) is 5.70 Å². The van der Waals surface area contributed by atoms with E-state index in [1.807, 2.05) is 29.9 Å². The minimum Gasteiger partial charge on any atom is -0.351 e. The number of aryl methyl sites for hydroxylation is 1. The molecule has 0 saturated heterocycles. The van der Waals surface area contributed by atoms with Crippen LogP contribution in [0.5, 0.6) is 0 Å². The average molecular weight is 180 g/mol. The maximum absolute atomic E-state index is 10.5. The number of nitrogens with zero attached hydrogens (tertiary/aromatic N) is 2. The van der Waals surface area contributed by atoms with E-state index < -0.39 is 0 Å². The predicted molar refractivity (Wildman–Crippen MR) is 50.7 cm³/mol. The molecular formula is C9H12N2O2. The Bertz CT molecular complexity index is 339. The van der Waals surface area contributed by atoms with Gasteiger partial charge in [0.05, 0.1) is 4.92 Å². The molecule has 0 aliphatic heterocycles. The van der Waals surface area contributed by atoms with E-state index in [9.17, 15) is 10.1 Å². The van der Waals surface area contributed by atoms with Gasteiger partial charge in [-0.3, -0.25) is 10.1 Å². The third kappa shape index (κ3) is 2.18. The van der Waals surface area contributed by atoms with Gasteiger partial charge in [0, 0.05) is 31.4 Å². The van der Waals surface area contributed by atoms with Gasteiger partial charge in [0.25, 0.3) is 0 Å². The molecule has 0 atom stereocenters. The summed E-state index contributed by atoms with van der Waals surface area (Å²) < 4.78 is 1.85. The van der Waals surface area contributed by atoms with Crippen LogP contribution in [0.1, 0.15) is 19.0 Å². The SMILES string of the molecule is CCC(=Cc1cccn1C)[N+](=O)[O-]. The van der Waals surface area contributed by atoms with E-state index in [-0.39, 0.29) is 10.6 Å². The van der Waals surface area contributed by atoms with Crippen molar-refractivity contribution in [2.45, 2.75) is 13.3 Å². The molecule has 1 aromatic rings. The fraction of sp³-hybridized carbons (Fsp3) is 0.333. The molecule has 70 valence electrons. The van der Waals surface area contributed by atoms with Gasteiger partial charge in [0.1, 0.15) is 0 Å². The van der Waals surface area contributed by atoms with Crippen molar-refractivity contribution >= 4 is 6.08 Å². The maximum Gasteiger partial charge on any atom is 0.248 e. The van der Waals surface area contributed by atoms with Gasteiger partial charge in [-0.05, 0) is 12.1 Å². The van der Waals surface area contributed by atoms with Crippen LogP contribution in [0.2, 0.25) is 0 Å². The smallest absolute Gasteiger partial charge is 0.248 e. The Balaban J connectivity index is 2.98. The van der Waals surface area contributed by atoms with E-state index in [0.717, 1.165) is 5.69 Å². The highest BCUT2D eigenvalue weighted by Crippen LogP contribution is 2.09. The zero-order valence-corrected chi connectivity index (χ0v) is 7.73. The third-order valence-electron chi connectivity index (χ3n) is 1.90. The first-order valence-corrected chi connectivity index (χ1v) is 4.11. The predicted octanol–water partition coefficient (Wildman–Crippen LogP) is 2.05. The van der Waals surface area contributed by atoms with Gasteiger partial charge < -0.3 is 4.57 Å². The Morgan fingerprint density at radius 1 is 1.77 bits per heavy atom. The van der Waals surface area contributed by atoms with Crippen LogP contribution in [0.3, 0.4) is 0 Å². The van der Waals surface area contributed by atoms with E-state index in [1.165, 1.54) is 0 Å². The van der Waals surface area contributed by atoms with Crippen molar-refractivity contribution in [2.24, 2.45) is 7.05 Å². The molecule has 0 bridgehead atoms. The van der Waals surface area contributed by atoms with E-state index in [2.05, 4.69) is 0 Å².